The molecule has 1 N–H and O–H groups in total. The van der Waals surface area contributed by atoms with Crippen molar-refractivity contribution in [2.24, 2.45) is 0 Å². The van der Waals surface area contributed by atoms with Gasteiger partial charge in [-0.15, -0.1) is 0 Å². The molecule has 0 aliphatic heterocycles. The molecule has 1 aromatic carbocycles. The topological polar surface area (TPSA) is 67.3 Å². The van der Waals surface area contributed by atoms with E-state index in [2.05, 4.69) is 15.3 Å². The van der Waals surface area contributed by atoms with Gasteiger partial charge in [-0.1, -0.05) is 0 Å². The first kappa shape index (κ1) is 17.8. The van der Waals surface area contributed by atoms with Crippen molar-refractivity contribution in [2.75, 3.05) is 19.6 Å². The number of benzene rings is 1. The molecule has 7 heteroatoms. The fourth-order valence-corrected chi connectivity index (χ4v) is 2.11. The normalized spacial score (nSPS) is 10.5. The molecule has 0 saturated heterocycles. The second-order valence-electron chi connectivity index (χ2n) is 5.18. The maximum absolute atomic E-state index is 12.9. The van der Waals surface area contributed by atoms with E-state index in [1.165, 1.54) is 30.5 Å². The summed E-state index contributed by atoms with van der Waals surface area (Å²) in [5, 5.41) is 3.22. The van der Waals surface area contributed by atoms with Crippen molar-refractivity contribution in [1.29, 1.82) is 0 Å². The van der Waals surface area contributed by atoms with Crippen LogP contribution in [-0.4, -0.2) is 40.4 Å². The van der Waals surface area contributed by atoms with Gasteiger partial charge in [-0.05, 0) is 31.2 Å². The first-order valence-electron chi connectivity index (χ1n) is 7.79. The van der Waals surface area contributed by atoms with Crippen LogP contribution in [0.15, 0.2) is 36.7 Å². The van der Waals surface area contributed by atoms with Gasteiger partial charge in [0.1, 0.15) is 11.6 Å². The van der Waals surface area contributed by atoms with E-state index in [0.29, 0.717) is 37.8 Å². The number of nitrogens with one attached hydrogen (secondary N) is 1. The SMILES string of the molecule is CCN(CCNCc1cncc(Oc2ccc(F)cc2)n1)C(C)=O. The van der Waals surface area contributed by atoms with E-state index >= 15 is 0 Å². The van der Waals surface area contributed by atoms with Crippen molar-refractivity contribution in [3.63, 3.8) is 0 Å². The highest BCUT2D eigenvalue weighted by Crippen LogP contribution is 2.18. The number of rotatable bonds is 8. The molecule has 0 bridgehead atoms. The smallest absolute Gasteiger partial charge is 0.238 e. The van der Waals surface area contributed by atoms with Gasteiger partial charge in [0.15, 0.2) is 0 Å². The van der Waals surface area contributed by atoms with Gasteiger partial charge in [0.05, 0.1) is 11.9 Å². The lowest BCUT2D eigenvalue weighted by atomic mass is 10.3. The first-order chi connectivity index (χ1) is 11.6. The van der Waals surface area contributed by atoms with Gasteiger partial charge in [0, 0.05) is 39.3 Å². The third-order valence-corrected chi connectivity index (χ3v) is 3.39. The fraction of sp³-hybridized carbons (Fsp3) is 0.353. The number of aromatic nitrogens is 2. The Kier molecular flexibility index (Phi) is 6.62. The Morgan fingerprint density at radius 1 is 1.29 bits per heavy atom. The lowest BCUT2D eigenvalue weighted by Gasteiger charge is -2.18. The Morgan fingerprint density at radius 3 is 2.71 bits per heavy atom. The molecule has 0 radical (unpaired) electrons. The van der Waals surface area contributed by atoms with Gasteiger partial charge < -0.3 is 15.0 Å². The van der Waals surface area contributed by atoms with Crippen LogP contribution in [0.3, 0.4) is 0 Å². The van der Waals surface area contributed by atoms with Crippen LogP contribution in [0.5, 0.6) is 11.6 Å². The summed E-state index contributed by atoms with van der Waals surface area (Å²) < 4.78 is 18.4. The van der Waals surface area contributed by atoms with Crippen LogP contribution >= 0.6 is 0 Å². The van der Waals surface area contributed by atoms with Crippen LogP contribution in [0.25, 0.3) is 0 Å². The van der Waals surface area contributed by atoms with E-state index in [0.717, 1.165) is 5.69 Å². The van der Waals surface area contributed by atoms with Crippen molar-refractivity contribution in [1.82, 2.24) is 20.2 Å². The number of carbonyl (C=O) groups excluding carboxylic acids is 1. The summed E-state index contributed by atoms with van der Waals surface area (Å²) in [6.45, 7) is 6.03. The molecule has 0 unspecified atom stereocenters. The summed E-state index contributed by atoms with van der Waals surface area (Å²) in [4.78, 5) is 21.5. The van der Waals surface area contributed by atoms with E-state index in [9.17, 15) is 9.18 Å². The van der Waals surface area contributed by atoms with Crippen LogP contribution in [0.4, 0.5) is 4.39 Å². The molecule has 2 aromatic rings. The zero-order valence-electron chi connectivity index (χ0n) is 13.8. The summed E-state index contributed by atoms with van der Waals surface area (Å²) in [5.41, 5.74) is 0.723. The quantitative estimate of drug-likeness (QED) is 0.752. The van der Waals surface area contributed by atoms with Crippen LogP contribution in [0, 0.1) is 5.82 Å². The molecular weight excluding hydrogens is 311 g/mol. The standard InChI is InChI=1S/C17H21FN4O2/c1-3-22(13(2)23)9-8-19-10-15-11-20-12-17(21-15)24-16-6-4-14(18)5-7-16/h4-7,11-12,19H,3,8-10H2,1-2H3. The van der Waals surface area contributed by atoms with Crippen molar-refractivity contribution in [3.05, 3.63) is 48.2 Å². The van der Waals surface area contributed by atoms with E-state index in [-0.39, 0.29) is 11.7 Å². The molecule has 0 saturated carbocycles. The molecule has 6 nitrogen and oxygen atoms in total. The average Bonchev–Trinajstić information content (AvgIpc) is 2.57. The minimum Gasteiger partial charge on any atom is -0.437 e. The van der Waals surface area contributed by atoms with Crippen molar-refractivity contribution in [2.45, 2.75) is 20.4 Å². The van der Waals surface area contributed by atoms with Crippen molar-refractivity contribution >= 4 is 5.91 Å². The number of ether oxygens (including phenoxy) is 1. The first-order valence-corrected chi connectivity index (χ1v) is 7.79. The maximum Gasteiger partial charge on any atom is 0.238 e. The molecule has 24 heavy (non-hydrogen) atoms. The third-order valence-electron chi connectivity index (χ3n) is 3.39. The largest absolute Gasteiger partial charge is 0.437 e. The van der Waals surface area contributed by atoms with Crippen LogP contribution in [-0.2, 0) is 11.3 Å². The predicted molar refractivity (Wildman–Crippen MR) is 88.1 cm³/mol. The van der Waals surface area contributed by atoms with E-state index < -0.39 is 0 Å². The Bertz CT molecular complexity index is 664. The van der Waals surface area contributed by atoms with E-state index in [1.807, 2.05) is 6.92 Å². The molecule has 1 heterocycles. The second-order valence-corrected chi connectivity index (χ2v) is 5.18. The molecule has 0 aliphatic carbocycles. The third kappa shape index (κ3) is 5.58. The maximum atomic E-state index is 12.9. The average molecular weight is 332 g/mol. The lowest BCUT2D eigenvalue weighted by Crippen LogP contribution is -2.35. The number of halogens is 1. The number of carbonyl (C=O) groups is 1. The van der Waals surface area contributed by atoms with Gasteiger partial charge in [0.25, 0.3) is 0 Å². The van der Waals surface area contributed by atoms with E-state index in [4.69, 9.17) is 4.74 Å². The minimum atomic E-state index is -0.321. The van der Waals surface area contributed by atoms with Gasteiger partial charge in [0.2, 0.25) is 11.8 Å². The lowest BCUT2D eigenvalue weighted by molar-refractivity contribution is -0.128. The summed E-state index contributed by atoms with van der Waals surface area (Å²) in [6, 6.07) is 5.71. The number of amides is 1. The molecule has 1 aromatic heterocycles. The molecule has 0 fully saturated rings. The monoisotopic (exact) mass is 332 g/mol. The van der Waals surface area contributed by atoms with Crippen molar-refractivity contribution < 1.29 is 13.9 Å². The molecule has 1 amide bonds. The molecule has 0 atom stereocenters. The Labute approximate surface area is 140 Å². The Morgan fingerprint density at radius 2 is 2.04 bits per heavy atom. The Hall–Kier alpha value is -2.54. The highest BCUT2D eigenvalue weighted by Gasteiger charge is 2.05. The molecule has 0 spiro atoms. The molecule has 0 aliphatic rings. The van der Waals surface area contributed by atoms with Gasteiger partial charge in [-0.25, -0.2) is 9.37 Å². The highest BCUT2D eigenvalue weighted by atomic mass is 19.1. The van der Waals surface area contributed by atoms with Crippen LogP contribution < -0.4 is 10.1 Å². The number of hydrogen-bond acceptors (Lipinski definition) is 5. The zero-order chi connectivity index (χ0) is 17.4. The van der Waals surface area contributed by atoms with Crippen molar-refractivity contribution in [3.8, 4) is 11.6 Å². The van der Waals surface area contributed by atoms with Crippen LogP contribution in [0.1, 0.15) is 19.5 Å². The van der Waals surface area contributed by atoms with Gasteiger partial charge in [-0.3, -0.25) is 9.78 Å². The summed E-state index contributed by atoms with van der Waals surface area (Å²) in [6.07, 6.45) is 3.15. The predicted octanol–water partition coefficient (Wildman–Crippen LogP) is 2.37. The van der Waals surface area contributed by atoms with Gasteiger partial charge >= 0.3 is 0 Å². The summed E-state index contributed by atoms with van der Waals surface area (Å²) in [5.74, 6) is 0.586. The fourth-order valence-electron chi connectivity index (χ4n) is 2.11. The number of likely N-dealkylation sites (N-methyl/N-ethyl adjacent to an activating group) is 1. The second kappa shape index (κ2) is 8.93. The van der Waals surface area contributed by atoms with E-state index in [1.54, 1.807) is 18.0 Å². The van der Waals surface area contributed by atoms with Gasteiger partial charge in [-0.2, -0.15) is 0 Å². The summed E-state index contributed by atoms with van der Waals surface area (Å²) >= 11 is 0. The highest BCUT2D eigenvalue weighted by molar-refractivity contribution is 5.73. The number of hydrogen-bond donors (Lipinski definition) is 1. The minimum absolute atomic E-state index is 0.0637. The Balaban J connectivity index is 1.84. The molecule has 128 valence electrons. The summed E-state index contributed by atoms with van der Waals surface area (Å²) in [7, 11) is 0. The molecule has 2 rings (SSSR count). The number of nitrogens with zero attached hydrogens (tertiary/aromatic N) is 3. The van der Waals surface area contributed by atoms with Crippen LogP contribution in [0.2, 0.25) is 0 Å². The molecular formula is C17H21FN4O2. The zero-order valence-corrected chi connectivity index (χ0v) is 13.8.